The molecule has 0 aromatic carbocycles. The average Bonchev–Trinajstić information content (AvgIpc) is 3.07. The standard InChI is InChI=1S/C21H24FN3O/c1-11-17(2-3-19(22)24-11)16-9-18(23-10-16)21(26)25-20-14-5-12-4-13(7-14)8-15(20)6-12/h2-3,9-10,12-15,20,23H,4-8H2,1H3,(H,25,26). The first-order valence-corrected chi connectivity index (χ1v) is 9.69. The minimum atomic E-state index is -0.485. The van der Waals surface area contributed by atoms with E-state index < -0.39 is 5.95 Å². The van der Waals surface area contributed by atoms with Crippen LogP contribution in [0.25, 0.3) is 11.1 Å². The molecule has 4 nitrogen and oxygen atoms in total. The molecule has 0 aliphatic heterocycles. The Hall–Kier alpha value is -2.17. The summed E-state index contributed by atoms with van der Waals surface area (Å²) >= 11 is 0. The number of carbonyl (C=O) groups excluding carboxylic acids is 1. The van der Waals surface area contributed by atoms with Crippen LogP contribution in [0.15, 0.2) is 24.4 Å². The average molecular weight is 353 g/mol. The molecule has 2 heterocycles. The maximum Gasteiger partial charge on any atom is 0.267 e. The number of H-pyrrole nitrogens is 1. The molecule has 0 saturated heterocycles. The number of hydrogen-bond acceptors (Lipinski definition) is 2. The van der Waals surface area contributed by atoms with Crippen molar-refractivity contribution in [1.29, 1.82) is 0 Å². The molecule has 5 heteroatoms. The van der Waals surface area contributed by atoms with E-state index in [0.29, 0.717) is 29.3 Å². The van der Waals surface area contributed by atoms with Gasteiger partial charge in [0, 0.05) is 29.1 Å². The highest BCUT2D eigenvalue weighted by Crippen LogP contribution is 2.53. The minimum absolute atomic E-state index is 0.0264. The largest absolute Gasteiger partial charge is 0.357 e. The van der Waals surface area contributed by atoms with Crippen molar-refractivity contribution in [3.8, 4) is 11.1 Å². The molecule has 0 unspecified atom stereocenters. The number of nitrogens with zero attached hydrogens (tertiary/aromatic N) is 1. The van der Waals surface area contributed by atoms with E-state index in [1.807, 2.05) is 6.07 Å². The molecule has 0 atom stereocenters. The molecular formula is C21H24FN3O. The Labute approximate surface area is 152 Å². The third kappa shape index (κ3) is 2.65. The van der Waals surface area contributed by atoms with Crippen LogP contribution >= 0.6 is 0 Å². The summed E-state index contributed by atoms with van der Waals surface area (Å²) < 4.78 is 13.2. The number of carbonyl (C=O) groups is 1. The number of nitrogens with one attached hydrogen (secondary N) is 2. The van der Waals surface area contributed by atoms with Crippen LogP contribution in [0.1, 0.15) is 48.3 Å². The molecule has 4 aliphatic carbocycles. The predicted octanol–water partition coefficient (Wildman–Crippen LogP) is 4.08. The number of halogens is 1. The monoisotopic (exact) mass is 353 g/mol. The number of hydrogen-bond donors (Lipinski definition) is 2. The van der Waals surface area contributed by atoms with Crippen molar-refractivity contribution in [3.05, 3.63) is 41.7 Å². The van der Waals surface area contributed by atoms with E-state index in [2.05, 4.69) is 15.3 Å². The second-order valence-corrected chi connectivity index (χ2v) is 8.50. The van der Waals surface area contributed by atoms with Gasteiger partial charge in [-0.2, -0.15) is 4.39 Å². The minimum Gasteiger partial charge on any atom is -0.357 e. The summed E-state index contributed by atoms with van der Waals surface area (Å²) in [6.45, 7) is 1.78. The van der Waals surface area contributed by atoms with E-state index in [1.165, 1.54) is 38.2 Å². The topological polar surface area (TPSA) is 57.8 Å². The number of aryl methyl sites for hydroxylation is 1. The van der Waals surface area contributed by atoms with E-state index in [9.17, 15) is 9.18 Å². The Morgan fingerprint density at radius 2 is 1.85 bits per heavy atom. The molecule has 4 aliphatic rings. The van der Waals surface area contributed by atoms with Gasteiger partial charge in [0.05, 0.1) is 0 Å². The number of rotatable bonds is 3. The zero-order valence-electron chi connectivity index (χ0n) is 15.0. The maximum atomic E-state index is 13.2. The van der Waals surface area contributed by atoms with Crippen LogP contribution in [0.3, 0.4) is 0 Å². The summed E-state index contributed by atoms with van der Waals surface area (Å²) in [4.78, 5) is 19.8. The Balaban J connectivity index is 1.33. The summed E-state index contributed by atoms with van der Waals surface area (Å²) in [5, 5.41) is 3.32. The lowest BCUT2D eigenvalue weighted by molar-refractivity contribution is -0.0120. The fourth-order valence-electron chi connectivity index (χ4n) is 5.91. The molecule has 4 saturated carbocycles. The fourth-order valence-corrected chi connectivity index (χ4v) is 5.91. The van der Waals surface area contributed by atoms with Crippen molar-refractivity contribution in [2.24, 2.45) is 23.7 Å². The van der Waals surface area contributed by atoms with Gasteiger partial charge in [-0.3, -0.25) is 4.79 Å². The van der Waals surface area contributed by atoms with E-state index in [0.717, 1.165) is 23.0 Å². The maximum absolute atomic E-state index is 13.2. The smallest absolute Gasteiger partial charge is 0.267 e. The van der Waals surface area contributed by atoms with E-state index >= 15 is 0 Å². The van der Waals surface area contributed by atoms with Crippen LogP contribution in [-0.2, 0) is 0 Å². The van der Waals surface area contributed by atoms with Gasteiger partial charge in [0.1, 0.15) is 5.69 Å². The molecule has 2 aromatic heterocycles. The lowest BCUT2D eigenvalue weighted by atomic mass is 9.54. The summed E-state index contributed by atoms with van der Waals surface area (Å²) in [5.74, 6) is 2.61. The molecule has 1 amide bonds. The van der Waals surface area contributed by atoms with Crippen LogP contribution in [0.5, 0.6) is 0 Å². The fraction of sp³-hybridized carbons (Fsp3) is 0.524. The normalized spacial score (nSPS) is 32.0. The lowest BCUT2D eigenvalue weighted by Crippen LogP contribution is -2.55. The van der Waals surface area contributed by atoms with Crippen LogP contribution in [0.2, 0.25) is 0 Å². The van der Waals surface area contributed by atoms with E-state index in [-0.39, 0.29) is 5.91 Å². The van der Waals surface area contributed by atoms with Gasteiger partial charge in [0.25, 0.3) is 5.91 Å². The molecule has 6 rings (SSSR count). The van der Waals surface area contributed by atoms with E-state index in [4.69, 9.17) is 0 Å². The SMILES string of the molecule is Cc1nc(F)ccc1-c1c[nH]c(C(=O)NC2C3CC4CC(C3)CC2C4)c1. The third-order valence-electron chi connectivity index (χ3n) is 6.81. The van der Waals surface area contributed by atoms with Gasteiger partial charge >= 0.3 is 0 Å². The Bertz CT molecular complexity index is 831. The van der Waals surface area contributed by atoms with Gasteiger partial charge in [-0.25, -0.2) is 4.98 Å². The van der Waals surface area contributed by atoms with Crippen molar-refractivity contribution >= 4 is 5.91 Å². The van der Waals surface area contributed by atoms with Gasteiger partial charge in [-0.05, 0) is 80.9 Å². The summed E-state index contributed by atoms with van der Waals surface area (Å²) in [6.07, 6.45) is 8.36. The highest BCUT2D eigenvalue weighted by molar-refractivity contribution is 5.94. The molecule has 2 N–H and O–H groups in total. The first-order valence-electron chi connectivity index (χ1n) is 9.69. The van der Waals surface area contributed by atoms with E-state index in [1.54, 1.807) is 19.2 Å². The van der Waals surface area contributed by atoms with Crippen molar-refractivity contribution in [3.63, 3.8) is 0 Å². The molecule has 0 spiro atoms. The molecule has 4 bridgehead atoms. The number of pyridine rings is 1. The zero-order valence-corrected chi connectivity index (χ0v) is 15.0. The van der Waals surface area contributed by atoms with Crippen LogP contribution in [-0.4, -0.2) is 21.9 Å². The van der Waals surface area contributed by atoms with Gasteiger partial charge in [0.15, 0.2) is 0 Å². The molecule has 2 aromatic rings. The molecule has 26 heavy (non-hydrogen) atoms. The second-order valence-electron chi connectivity index (χ2n) is 8.50. The zero-order chi connectivity index (χ0) is 17.8. The van der Waals surface area contributed by atoms with Crippen LogP contribution in [0.4, 0.5) is 4.39 Å². The number of aromatic amines is 1. The second kappa shape index (κ2) is 5.93. The van der Waals surface area contributed by atoms with Crippen molar-refractivity contribution in [1.82, 2.24) is 15.3 Å². The Morgan fingerprint density at radius 3 is 2.50 bits per heavy atom. The van der Waals surface area contributed by atoms with Crippen molar-refractivity contribution in [2.45, 2.75) is 45.1 Å². The van der Waals surface area contributed by atoms with Gasteiger partial charge in [0.2, 0.25) is 5.95 Å². The Kier molecular flexibility index (Phi) is 3.66. The lowest BCUT2D eigenvalue weighted by Gasteiger charge is -2.54. The highest BCUT2D eigenvalue weighted by Gasteiger charge is 2.48. The number of aromatic nitrogens is 2. The first-order chi connectivity index (χ1) is 12.6. The van der Waals surface area contributed by atoms with Gasteiger partial charge in [-0.15, -0.1) is 0 Å². The highest BCUT2D eigenvalue weighted by atomic mass is 19.1. The molecule has 136 valence electrons. The predicted molar refractivity (Wildman–Crippen MR) is 97.0 cm³/mol. The van der Waals surface area contributed by atoms with Crippen molar-refractivity contribution in [2.75, 3.05) is 0 Å². The molecule has 0 radical (unpaired) electrons. The van der Waals surface area contributed by atoms with Crippen molar-refractivity contribution < 1.29 is 9.18 Å². The summed E-state index contributed by atoms with van der Waals surface area (Å²) in [7, 11) is 0. The van der Waals surface area contributed by atoms with Crippen LogP contribution < -0.4 is 5.32 Å². The van der Waals surface area contributed by atoms with Gasteiger partial charge < -0.3 is 10.3 Å². The summed E-state index contributed by atoms with van der Waals surface area (Å²) in [6, 6.07) is 5.23. The molecular weight excluding hydrogens is 329 g/mol. The quantitative estimate of drug-likeness (QED) is 0.817. The van der Waals surface area contributed by atoms with Gasteiger partial charge in [-0.1, -0.05) is 0 Å². The molecule has 4 fully saturated rings. The first kappa shape index (κ1) is 16.0. The third-order valence-corrected chi connectivity index (χ3v) is 6.81. The van der Waals surface area contributed by atoms with Crippen LogP contribution in [0, 0.1) is 36.5 Å². The Morgan fingerprint density at radius 1 is 1.15 bits per heavy atom. The number of amides is 1. The summed E-state index contributed by atoms with van der Waals surface area (Å²) in [5.41, 5.74) is 2.90.